The van der Waals surface area contributed by atoms with Crippen molar-refractivity contribution < 1.29 is 27.8 Å². The first-order valence-corrected chi connectivity index (χ1v) is 6.04. The van der Waals surface area contributed by atoms with Gasteiger partial charge in [-0.2, -0.15) is 13.2 Å². The highest BCUT2D eigenvalue weighted by atomic mass is 19.4. The summed E-state index contributed by atoms with van der Waals surface area (Å²) in [6.07, 6.45) is -5.74. The molecule has 7 heteroatoms. The van der Waals surface area contributed by atoms with Gasteiger partial charge in [-0.25, -0.2) is 4.99 Å². The minimum atomic E-state index is -4.61. The number of ether oxygens (including phenoxy) is 2. The molecule has 20 heavy (non-hydrogen) atoms. The van der Waals surface area contributed by atoms with Crippen molar-refractivity contribution in [1.29, 1.82) is 0 Å². The number of hydrogen-bond donors (Lipinski definition) is 1. The Bertz CT molecular complexity index is 462. The van der Waals surface area contributed by atoms with Crippen molar-refractivity contribution in [2.45, 2.75) is 24.9 Å². The Kier molecular flexibility index (Phi) is 4.61. The maximum absolute atomic E-state index is 12.3. The third kappa shape index (κ3) is 3.94. The van der Waals surface area contributed by atoms with E-state index in [4.69, 9.17) is 4.74 Å². The highest BCUT2D eigenvalue weighted by Crippen LogP contribution is 2.23. The summed E-state index contributed by atoms with van der Waals surface area (Å²) in [6, 6.07) is 8.32. The molecule has 1 aromatic rings. The number of rotatable bonds is 5. The first kappa shape index (κ1) is 14.8. The summed E-state index contributed by atoms with van der Waals surface area (Å²) in [4.78, 5) is 3.32. The van der Waals surface area contributed by atoms with E-state index in [0.717, 1.165) is 5.56 Å². The monoisotopic (exact) mass is 289 g/mol. The van der Waals surface area contributed by atoms with Crippen LogP contribution in [0.15, 0.2) is 35.3 Å². The fourth-order valence-corrected chi connectivity index (χ4v) is 1.72. The quantitative estimate of drug-likeness (QED) is 0.901. The molecule has 0 spiro atoms. The molecule has 1 N–H and O–H groups in total. The van der Waals surface area contributed by atoms with E-state index in [9.17, 15) is 18.3 Å². The third-order valence-electron chi connectivity index (χ3n) is 2.76. The van der Waals surface area contributed by atoms with Gasteiger partial charge in [0.25, 0.3) is 5.90 Å². The van der Waals surface area contributed by atoms with E-state index in [-0.39, 0.29) is 19.8 Å². The lowest BCUT2D eigenvalue weighted by atomic mass is 10.2. The third-order valence-corrected chi connectivity index (χ3v) is 2.76. The van der Waals surface area contributed by atoms with Crippen LogP contribution in [0, 0.1) is 0 Å². The number of aliphatic hydroxyl groups is 1. The van der Waals surface area contributed by atoms with Crippen LogP contribution in [0.25, 0.3) is 0 Å². The lowest BCUT2D eigenvalue weighted by molar-refractivity contribution is -0.0755. The molecule has 0 saturated heterocycles. The van der Waals surface area contributed by atoms with E-state index in [2.05, 4.69) is 9.73 Å². The molecule has 1 aromatic carbocycles. The van der Waals surface area contributed by atoms with Crippen LogP contribution in [0.4, 0.5) is 13.2 Å². The summed E-state index contributed by atoms with van der Waals surface area (Å²) in [5.74, 6) is -1.29. The summed E-state index contributed by atoms with van der Waals surface area (Å²) >= 11 is 0. The maximum atomic E-state index is 12.3. The van der Waals surface area contributed by atoms with Gasteiger partial charge in [-0.3, -0.25) is 0 Å². The van der Waals surface area contributed by atoms with E-state index < -0.39 is 24.2 Å². The number of hydrogen-bond acceptors (Lipinski definition) is 4. The van der Waals surface area contributed by atoms with Gasteiger partial charge in [0.05, 0.1) is 13.2 Å². The molecule has 0 fully saturated rings. The summed E-state index contributed by atoms with van der Waals surface area (Å²) in [6.45, 7) is -0.108. The maximum Gasteiger partial charge on any atom is 0.468 e. The number of aliphatic hydroxyl groups excluding tert-OH is 1. The van der Waals surface area contributed by atoms with Crippen LogP contribution in [-0.4, -0.2) is 42.5 Å². The van der Waals surface area contributed by atoms with Crippen LogP contribution in [0.1, 0.15) is 5.56 Å². The Hall–Kier alpha value is -1.60. The Morgan fingerprint density at radius 3 is 2.65 bits per heavy atom. The van der Waals surface area contributed by atoms with Gasteiger partial charge in [0.15, 0.2) is 0 Å². The Balaban J connectivity index is 1.79. The molecule has 0 bridgehead atoms. The Morgan fingerprint density at radius 2 is 2.05 bits per heavy atom. The first-order valence-electron chi connectivity index (χ1n) is 6.04. The van der Waals surface area contributed by atoms with E-state index in [1.165, 1.54) is 0 Å². The average Bonchev–Trinajstić information content (AvgIpc) is 2.89. The van der Waals surface area contributed by atoms with Crippen molar-refractivity contribution >= 4 is 5.90 Å². The van der Waals surface area contributed by atoms with E-state index >= 15 is 0 Å². The molecule has 1 aliphatic rings. The first-order chi connectivity index (χ1) is 9.47. The molecule has 110 valence electrons. The van der Waals surface area contributed by atoms with Gasteiger partial charge in [-0.1, -0.05) is 30.3 Å². The molecule has 2 rings (SSSR count). The van der Waals surface area contributed by atoms with Crippen LogP contribution in [0.3, 0.4) is 0 Å². The second-order valence-electron chi connectivity index (χ2n) is 4.38. The van der Waals surface area contributed by atoms with Crippen LogP contribution >= 0.6 is 0 Å². The molecular weight excluding hydrogens is 275 g/mol. The molecule has 1 aliphatic heterocycles. The lowest BCUT2D eigenvalue weighted by Gasteiger charge is -2.14. The smallest absolute Gasteiger partial charge is 0.468 e. The second-order valence-corrected chi connectivity index (χ2v) is 4.38. The van der Waals surface area contributed by atoms with Gasteiger partial charge in [-0.15, -0.1) is 0 Å². The molecule has 0 aliphatic carbocycles. The average molecular weight is 289 g/mol. The summed E-state index contributed by atoms with van der Waals surface area (Å²) < 4.78 is 46.6. The summed E-state index contributed by atoms with van der Waals surface area (Å²) in [5, 5.41) is 9.73. The zero-order valence-corrected chi connectivity index (χ0v) is 10.5. The fraction of sp³-hybridized carbons (Fsp3) is 0.462. The summed E-state index contributed by atoms with van der Waals surface area (Å²) in [7, 11) is 0. The standard InChI is InChI=1S/C13H14F3NO3/c14-13(15,16)12-17-10(7-20-12)11(18)8-19-6-9-4-2-1-3-5-9/h1-5,10-11,18H,6-8H2/t10-,11+/m1/s1. The fourth-order valence-electron chi connectivity index (χ4n) is 1.72. The number of halogens is 3. The predicted molar refractivity (Wildman–Crippen MR) is 65.3 cm³/mol. The zero-order valence-electron chi connectivity index (χ0n) is 10.5. The molecule has 0 aromatic heterocycles. The molecule has 0 saturated carbocycles. The van der Waals surface area contributed by atoms with Gasteiger partial charge >= 0.3 is 6.18 Å². The minimum absolute atomic E-state index is 0.0996. The van der Waals surface area contributed by atoms with Crippen molar-refractivity contribution in [3.8, 4) is 0 Å². The molecule has 0 radical (unpaired) electrons. The normalized spacial score (nSPS) is 20.4. The zero-order chi connectivity index (χ0) is 14.6. The molecular formula is C13H14F3NO3. The highest BCUT2D eigenvalue weighted by Gasteiger charge is 2.43. The van der Waals surface area contributed by atoms with Gasteiger partial charge in [0.2, 0.25) is 0 Å². The molecule has 4 nitrogen and oxygen atoms in total. The SMILES string of the molecule is O[C@@H](COCc1ccccc1)[C@H]1COC(C(F)(F)F)=N1. The lowest BCUT2D eigenvalue weighted by Crippen LogP contribution is -2.30. The Morgan fingerprint density at radius 1 is 1.35 bits per heavy atom. The van der Waals surface area contributed by atoms with Gasteiger partial charge in [0, 0.05) is 0 Å². The second kappa shape index (κ2) is 6.23. The van der Waals surface area contributed by atoms with E-state index in [1.807, 2.05) is 30.3 Å². The summed E-state index contributed by atoms with van der Waals surface area (Å²) in [5.41, 5.74) is 0.918. The molecule has 1 heterocycles. The number of nitrogens with zero attached hydrogens (tertiary/aromatic N) is 1. The van der Waals surface area contributed by atoms with Gasteiger partial charge in [-0.05, 0) is 5.56 Å². The van der Waals surface area contributed by atoms with Crippen LogP contribution in [-0.2, 0) is 16.1 Å². The Labute approximate surface area is 113 Å². The van der Waals surface area contributed by atoms with E-state index in [0.29, 0.717) is 0 Å². The van der Waals surface area contributed by atoms with Crippen molar-refractivity contribution in [3.05, 3.63) is 35.9 Å². The minimum Gasteiger partial charge on any atom is -0.472 e. The van der Waals surface area contributed by atoms with Crippen LogP contribution in [0.2, 0.25) is 0 Å². The molecule has 0 amide bonds. The number of alkyl halides is 3. The van der Waals surface area contributed by atoms with Crippen molar-refractivity contribution in [2.24, 2.45) is 4.99 Å². The largest absolute Gasteiger partial charge is 0.472 e. The van der Waals surface area contributed by atoms with Crippen molar-refractivity contribution in [2.75, 3.05) is 13.2 Å². The van der Waals surface area contributed by atoms with E-state index in [1.54, 1.807) is 0 Å². The highest BCUT2D eigenvalue weighted by molar-refractivity contribution is 5.83. The van der Waals surface area contributed by atoms with Crippen molar-refractivity contribution in [3.63, 3.8) is 0 Å². The van der Waals surface area contributed by atoms with Crippen LogP contribution < -0.4 is 0 Å². The van der Waals surface area contributed by atoms with Gasteiger partial charge < -0.3 is 14.6 Å². The van der Waals surface area contributed by atoms with Crippen molar-refractivity contribution in [1.82, 2.24) is 0 Å². The number of benzene rings is 1. The predicted octanol–water partition coefficient (Wildman–Crippen LogP) is 1.92. The number of aliphatic imine (C=N–C) groups is 1. The molecule has 2 atom stereocenters. The molecule has 0 unspecified atom stereocenters. The van der Waals surface area contributed by atoms with Gasteiger partial charge in [0.1, 0.15) is 18.8 Å². The topological polar surface area (TPSA) is 51.0 Å². The van der Waals surface area contributed by atoms with Crippen LogP contribution in [0.5, 0.6) is 0 Å².